The van der Waals surface area contributed by atoms with Crippen LogP contribution in [0.25, 0.3) is 0 Å². The van der Waals surface area contributed by atoms with Crippen LogP contribution < -0.4 is 10.9 Å². The van der Waals surface area contributed by atoms with Gasteiger partial charge < -0.3 is 10.3 Å². The van der Waals surface area contributed by atoms with Gasteiger partial charge in [-0.25, -0.2) is 0 Å². The first-order valence-corrected chi connectivity index (χ1v) is 5.58. The molecule has 1 aliphatic carbocycles. The predicted octanol–water partition coefficient (Wildman–Crippen LogP) is 1.21. The third-order valence-corrected chi connectivity index (χ3v) is 2.99. The second-order valence-corrected chi connectivity index (χ2v) is 4.48. The van der Waals surface area contributed by atoms with Gasteiger partial charge in [-0.2, -0.15) is 0 Å². The lowest BCUT2D eigenvalue weighted by atomic mass is 10.2. The molecule has 1 heterocycles. The molecule has 0 aromatic carbocycles. The van der Waals surface area contributed by atoms with Gasteiger partial charge in [0.15, 0.2) is 0 Å². The SMILES string of the molecule is Cc1ccc(C(=O)NC(C)C2CC2)c(=O)[nH]1. The number of hydrogen-bond acceptors (Lipinski definition) is 2. The highest BCUT2D eigenvalue weighted by Gasteiger charge is 2.29. The lowest BCUT2D eigenvalue weighted by Crippen LogP contribution is -2.37. The highest BCUT2D eigenvalue weighted by Crippen LogP contribution is 2.32. The average molecular weight is 220 g/mol. The Kier molecular flexibility index (Phi) is 2.81. The van der Waals surface area contributed by atoms with E-state index >= 15 is 0 Å². The number of nitrogens with one attached hydrogen (secondary N) is 2. The van der Waals surface area contributed by atoms with Crippen molar-refractivity contribution in [2.75, 3.05) is 0 Å². The van der Waals surface area contributed by atoms with E-state index in [1.807, 2.05) is 6.92 Å². The monoisotopic (exact) mass is 220 g/mol. The van der Waals surface area contributed by atoms with Crippen molar-refractivity contribution in [1.29, 1.82) is 0 Å². The summed E-state index contributed by atoms with van der Waals surface area (Å²) in [5, 5.41) is 2.86. The first-order valence-electron chi connectivity index (χ1n) is 5.58. The number of H-pyrrole nitrogens is 1. The van der Waals surface area contributed by atoms with Gasteiger partial charge in [0.25, 0.3) is 11.5 Å². The molecule has 86 valence electrons. The zero-order valence-corrected chi connectivity index (χ0v) is 9.54. The first kappa shape index (κ1) is 10.9. The van der Waals surface area contributed by atoms with Gasteiger partial charge in [0, 0.05) is 11.7 Å². The number of pyridine rings is 1. The Morgan fingerprint density at radius 1 is 1.50 bits per heavy atom. The number of aromatic nitrogens is 1. The zero-order chi connectivity index (χ0) is 11.7. The molecule has 1 atom stereocenters. The smallest absolute Gasteiger partial charge is 0.260 e. The van der Waals surface area contributed by atoms with Crippen LogP contribution in [0.2, 0.25) is 0 Å². The van der Waals surface area contributed by atoms with E-state index in [2.05, 4.69) is 10.3 Å². The molecule has 0 aliphatic heterocycles. The third kappa shape index (κ3) is 2.32. The summed E-state index contributed by atoms with van der Waals surface area (Å²) in [7, 11) is 0. The number of aromatic amines is 1. The van der Waals surface area contributed by atoms with Gasteiger partial charge in [-0.15, -0.1) is 0 Å². The van der Waals surface area contributed by atoms with E-state index in [1.54, 1.807) is 19.1 Å². The Bertz CT molecular complexity index is 460. The summed E-state index contributed by atoms with van der Waals surface area (Å²) in [5.41, 5.74) is 0.635. The van der Waals surface area contributed by atoms with Crippen LogP contribution in [0.4, 0.5) is 0 Å². The maximum Gasteiger partial charge on any atom is 0.260 e. The van der Waals surface area contributed by atoms with E-state index in [0.717, 1.165) is 5.69 Å². The van der Waals surface area contributed by atoms with E-state index < -0.39 is 0 Å². The Hall–Kier alpha value is -1.58. The summed E-state index contributed by atoms with van der Waals surface area (Å²) in [4.78, 5) is 25.9. The number of carbonyl (C=O) groups is 1. The molecule has 0 radical (unpaired) electrons. The maximum absolute atomic E-state index is 11.8. The quantitative estimate of drug-likeness (QED) is 0.804. The molecule has 1 aromatic heterocycles. The molecule has 2 N–H and O–H groups in total. The highest BCUT2D eigenvalue weighted by molar-refractivity contribution is 5.94. The van der Waals surface area contributed by atoms with Crippen molar-refractivity contribution in [3.63, 3.8) is 0 Å². The summed E-state index contributed by atoms with van der Waals surface area (Å²) in [5.74, 6) is 0.314. The van der Waals surface area contributed by atoms with Crippen molar-refractivity contribution in [3.05, 3.63) is 33.7 Å². The van der Waals surface area contributed by atoms with Gasteiger partial charge in [0.1, 0.15) is 5.56 Å². The molecule has 0 spiro atoms. The Morgan fingerprint density at radius 2 is 2.19 bits per heavy atom. The Labute approximate surface area is 94.1 Å². The van der Waals surface area contributed by atoms with Gasteiger partial charge >= 0.3 is 0 Å². The van der Waals surface area contributed by atoms with Crippen molar-refractivity contribution in [2.24, 2.45) is 5.92 Å². The van der Waals surface area contributed by atoms with Crippen LogP contribution in [0.1, 0.15) is 35.8 Å². The molecule has 1 aliphatic rings. The number of carbonyl (C=O) groups excluding carboxylic acids is 1. The van der Waals surface area contributed by atoms with Crippen molar-refractivity contribution < 1.29 is 4.79 Å². The van der Waals surface area contributed by atoms with Gasteiger partial charge in [0.05, 0.1) is 0 Å². The van der Waals surface area contributed by atoms with Crippen LogP contribution in [0, 0.1) is 12.8 Å². The first-order chi connectivity index (χ1) is 7.58. The van der Waals surface area contributed by atoms with Crippen molar-refractivity contribution >= 4 is 5.91 Å². The van der Waals surface area contributed by atoms with E-state index in [1.165, 1.54) is 12.8 Å². The Balaban J connectivity index is 2.11. The van der Waals surface area contributed by atoms with Crippen LogP contribution in [0.15, 0.2) is 16.9 Å². The normalized spacial score (nSPS) is 16.9. The van der Waals surface area contributed by atoms with Crippen molar-refractivity contribution in [1.82, 2.24) is 10.3 Å². The topological polar surface area (TPSA) is 62.0 Å². The van der Waals surface area contributed by atoms with Crippen molar-refractivity contribution in [2.45, 2.75) is 32.7 Å². The molecule has 2 rings (SSSR count). The fourth-order valence-corrected chi connectivity index (χ4v) is 1.75. The predicted molar refractivity (Wildman–Crippen MR) is 61.5 cm³/mol. The second kappa shape index (κ2) is 4.12. The van der Waals surface area contributed by atoms with Gasteiger partial charge in [-0.1, -0.05) is 0 Å². The number of rotatable bonds is 3. The van der Waals surface area contributed by atoms with Crippen LogP contribution in [0.5, 0.6) is 0 Å². The fourth-order valence-electron chi connectivity index (χ4n) is 1.75. The lowest BCUT2D eigenvalue weighted by molar-refractivity contribution is 0.0934. The molecule has 1 unspecified atom stereocenters. The van der Waals surface area contributed by atoms with E-state index in [4.69, 9.17) is 0 Å². The minimum Gasteiger partial charge on any atom is -0.349 e. The number of amides is 1. The molecule has 16 heavy (non-hydrogen) atoms. The number of hydrogen-bond donors (Lipinski definition) is 2. The zero-order valence-electron chi connectivity index (χ0n) is 9.54. The average Bonchev–Trinajstić information content (AvgIpc) is 2.99. The molecule has 0 bridgehead atoms. The summed E-state index contributed by atoms with van der Waals surface area (Å²) >= 11 is 0. The minimum absolute atomic E-state index is 0.160. The van der Waals surface area contributed by atoms with Crippen LogP contribution in [-0.2, 0) is 0 Å². The highest BCUT2D eigenvalue weighted by atomic mass is 16.2. The van der Waals surface area contributed by atoms with Crippen LogP contribution in [-0.4, -0.2) is 16.9 Å². The van der Waals surface area contributed by atoms with Crippen LogP contribution >= 0.6 is 0 Å². The maximum atomic E-state index is 11.8. The van der Waals surface area contributed by atoms with Crippen LogP contribution in [0.3, 0.4) is 0 Å². The molecule has 4 heteroatoms. The molecule has 1 fully saturated rings. The summed E-state index contributed by atoms with van der Waals surface area (Å²) in [6.45, 7) is 3.77. The molecule has 4 nitrogen and oxygen atoms in total. The minimum atomic E-state index is -0.319. The van der Waals surface area contributed by atoms with Gasteiger partial charge in [-0.3, -0.25) is 9.59 Å². The number of aryl methyl sites for hydroxylation is 1. The fraction of sp³-hybridized carbons (Fsp3) is 0.500. The lowest BCUT2D eigenvalue weighted by Gasteiger charge is -2.12. The summed E-state index contributed by atoms with van der Waals surface area (Å²) in [6.07, 6.45) is 2.34. The van der Waals surface area contributed by atoms with Crippen molar-refractivity contribution in [3.8, 4) is 0 Å². The second-order valence-electron chi connectivity index (χ2n) is 4.48. The Morgan fingerprint density at radius 3 is 2.75 bits per heavy atom. The largest absolute Gasteiger partial charge is 0.349 e. The van der Waals surface area contributed by atoms with Gasteiger partial charge in [-0.05, 0) is 44.7 Å². The molecular formula is C12H16N2O2. The molecule has 1 aromatic rings. The molecule has 1 amide bonds. The molecular weight excluding hydrogens is 204 g/mol. The molecule has 1 saturated carbocycles. The van der Waals surface area contributed by atoms with E-state index in [0.29, 0.717) is 5.92 Å². The molecule has 0 saturated heterocycles. The van der Waals surface area contributed by atoms with E-state index in [-0.39, 0.29) is 23.1 Å². The standard InChI is InChI=1S/C12H16N2O2/c1-7-3-6-10(11(15)13-7)12(16)14-8(2)9-4-5-9/h3,6,8-9H,4-5H2,1-2H3,(H,13,15)(H,14,16). The third-order valence-electron chi connectivity index (χ3n) is 2.99. The summed E-state index contributed by atoms with van der Waals surface area (Å²) < 4.78 is 0. The van der Waals surface area contributed by atoms with Gasteiger partial charge in [0.2, 0.25) is 0 Å². The summed E-state index contributed by atoms with van der Waals surface area (Å²) in [6, 6.07) is 3.47. The van der Waals surface area contributed by atoms with E-state index in [9.17, 15) is 9.59 Å².